The van der Waals surface area contributed by atoms with Crippen molar-refractivity contribution in [2.24, 2.45) is 0 Å². The smallest absolute Gasteiger partial charge is 0.241 e. The summed E-state index contributed by atoms with van der Waals surface area (Å²) in [6.07, 6.45) is 2.47. The summed E-state index contributed by atoms with van der Waals surface area (Å²) < 4.78 is 0. The molecule has 0 saturated heterocycles. The molecule has 1 heterocycles. The summed E-state index contributed by atoms with van der Waals surface area (Å²) in [5.74, 6) is -0.704. The topological polar surface area (TPSA) is 73.8 Å². The third kappa shape index (κ3) is 5.25. The van der Waals surface area contributed by atoms with Gasteiger partial charge in [-0.1, -0.05) is 30.3 Å². The Bertz CT molecular complexity index is 1080. The van der Waals surface area contributed by atoms with Crippen LogP contribution in [0.2, 0.25) is 0 Å². The van der Waals surface area contributed by atoms with E-state index >= 15 is 0 Å². The lowest BCUT2D eigenvalue weighted by molar-refractivity contribution is -0.130. The number of rotatable bonds is 10. The molecule has 3 rings (SSSR count). The first-order chi connectivity index (χ1) is 16.3. The van der Waals surface area contributed by atoms with Crippen LogP contribution in [0.5, 0.6) is 0 Å². The standard InChI is InChI=1S/C27H34N4O3/c1-6-30(19(3)4)24-25(27(34)22-14-9-8-13-21(22)26(24)33)31(7-2)23(32)18-29(5)17-15-20-12-10-11-16-28-20/h8-14,16,19H,6-7,15,17-18H2,1-5H3. The van der Waals surface area contributed by atoms with Crippen LogP contribution in [-0.4, -0.2) is 76.4 Å². The first-order valence-corrected chi connectivity index (χ1v) is 11.9. The van der Waals surface area contributed by atoms with E-state index in [1.807, 2.05) is 62.7 Å². The van der Waals surface area contributed by atoms with Crippen molar-refractivity contribution in [2.45, 2.75) is 40.2 Å². The second-order valence-corrected chi connectivity index (χ2v) is 8.73. The molecule has 0 N–H and O–H groups in total. The number of pyridine rings is 1. The minimum Gasteiger partial charge on any atom is -0.364 e. The number of benzene rings is 1. The fourth-order valence-electron chi connectivity index (χ4n) is 4.35. The fraction of sp³-hybridized carbons (Fsp3) is 0.407. The second-order valence-electron chi connectivity index (χ2n) is 8.73. The van der Waals surface area contributed by atoms with Gasteiger partial charge in [0.2, 0.25) is 17.5 Å². The molecule has 34 heavy (non-hydrogen) atoms. The van der Waals surface area contributed by atoms with E-state index in [9.17, 15) is 14.4 Å². The molecule has 1 aliphatic rings. The van der Waals surface area contributed by atoms with Crippen LogP contribution in [0.15, 0.2) is 60.1 Å². The third-order valence-corrected chi connectivity index (χ3v) is 6.09. The summed E-state index contributed by atoms with van der Waals surface area (Å²) in [5.41, 5.74) is 2.19. The Kier molecular flexibility index (Phi) is 8.34. The number of nitrogens with zero attached hydrogens (tertiary/aromatic N) is 4. The van der Waals surface area contributed by atoms with E-state index in [4.69, 9.17) is 0 Å². The van der Waals surface area contributed by atoms with Crippen LogP contribution in [0, 0.1) is 0 Å². The molecule has 7 nitrogen and oxygen atoms in total. The SMILES string of the molecule is CCN(C(=O)CN(C)CCc1ccccn1)C1=C(N(CC)C(C)C)C(=O)c2ccccc2C1=O. The monoisotopic (exact) mass is 462 g/mol. The van der Waals surface area contributed by atoms with Gasteiger partial charge in [0.1, 0.15) is 11.4 Å². The molecular formula is C27H34N4O3. The van der Waals surface area contributed by atoms with Crippen molar-refractivity contribution < 1.29 is 14.4 Å². The molecule has 180 valence electrons. The van der Waals surface area contributed by atoms with Crippen molar-refractivity contribution in [1.29, 1.82) is 0 Å². The van der Waals surface area contributed by atoms with Crippen LogP contribution in [-0.2, 0) is 11.2 Å². The third-order valence-electron chi connectivity index (χ3n) is 6.09. The summed E-state index contributed by atoms with van der Waals surface area (Å²) in [4.78, 5) is 50.3. The Labute approximate surface area is 202 Å². The van der Waals surface area contributed by atoms with Crippen LogP contribution >= 0.6 is 0 Å². The summed E-state index contributed by atoms with van der Waals surface area (Å²) in [6.45, 7) is 9.37. The van der Waals surface area contributed by atoms with Crippen LogP contribution < -0.4 is 0 Å². The van der Waals surface area contributed by atoms with Crippen molar-refractivity contribution >= 4 is 17.5 Å². The molecule has 0 unspecified atom stereocenters. The summed E-state index contributed by atoms with van der Waals surface area (Å²) in [6, 6.07) is 12.6. The van der Waals surface area contributed by atoms with Gasteiger partial charge in [-0.3, -0.25) is 24.3 Å². The molecule has 1 aromatic carbocycles. The Morgan fingerprint density at radius 3 is 2.06 bits per heavy atom. The number of ketones is 2. The molecule has 0 atom stereocenters. The van der Waals surface area contributed by atoms with E-state index in [0.717, 1.165) is 5.69 Å². The number of likely N-dealkylation sites (N-methyl/N-ethyl adjacent to an activating group) is 3. The van der Waals surface area contributed by atoms with E-state index in [-0.39, 0.29) is 35.8 Å². The summed E-state index contributed by atoms with van der Waals surface area (Å²) in [5, 5.41) is 0. The van der Waals surface area contributed by atoms with Gasteiger partial charge < -0.3 is 9.80 Å². The Morgan fingerprint density at radius 1 is 0.912 bits per heavy atom. The Hall–Kier alpha value is -3.32. The van der Waals surface area contributed by atoms with Gasteiger partial charge in [-0.25, -0.2) is 0 Å². The number of hydrogen-bond acceptors (Lipinski definition) is 6. The largest absolute Gasteiger partial charge is 0.364 e. The minimum absolute atomic E-state index is 0.00753. The maximum atomic E-state index is 13.7. The highest BCUT2D eigenvalue weighted by Crippen LogP contribution is 2.31. The first-order valence-electron chi connectivity index (χ1n) is 11.9. The van der Waals surface area contributed by atoms with E-state index < -0.39 is 0 Å². The molecule has 1 aromatic heterocycles. The Morgan fingerprint density at radius 2 is 1.53 bits per heavy atom. The zero-order valence-corrected chi connectivity index (χ0v) is 20.7. The molecule has 0 bridgehead atoms. The highest BCUT2D eigenvalue weighted by atomic mass is 16.2. The van der Waals surface area contributed by atoms with Crippen LogP contribution in [0.4, 0.5) is 0 Å². The molecule has 7 heteroatoms. The quantitative estimate of drug-likeness (QED) is 0.539. The fourth-order valence-corrected chi connectivity index (χ4v) is 4.35. The number of amides is 1. The average Bonchev–Trinajstić information content (AvgIpc) is 2.83. The number of aromatic nitrogens is 1. The minimum atomic E-state index is -0.282. The van der Waals surface area contributed by atoms with Gasteiger partial charge in [0.05, 0.1) is 6.54 Å². The van der Waals surface area contributed by atoms with Crippen molar-refractivity contribution in [3.8, 4) is 0 Å². The highest BCUT2D eigenvalue weighted by molar-refractivity contribution is 6.27. The second kappa shape index (κ2) is 11.2. The normalized spacial score (nSPS) is 13.5. The molecule has 2 aromatic rings. The lowest BCUT2D eigenvalue weighted by atomic mass is 9.88. The molecule has 1 aliphatic carbocycles. The Balaban J connectivity index is 1.93. The van der Waals surface area contributed by atoms with E-state index in [0.29, 0.717) is 42.9 Å². The molecule has 0 spiro atoms. The predicted octanol–water partition coefficient (Wildman–Crippen LogP) is 3.43. The van der Waals surface area contributed by atoms with Gasteiger partial charge in [-0.2, -0.15) is 0 Å². The van der Waals surface area contributed by atoms with E-state index in [2.05, 4.69) is 4.98 Å². The van der Waals surface area contributed by atoms with Gasteiger partial charge in [-0.05, 0) is 46.9 Å². The van der Waals surface area contributed by atoms with Crippen molar-refractivity contribution in [3.05, 3.63) is 76.9 Å². The van der Waals surface area contributed by atoms with Crippen LogP contribution in [0.25, 0.3) is 0 Å². The zero-order chi connectivity index (χ0) is 24.8. The van der Waals surface area contributed by atoms with Crippen molar-refractivity contribution in [2.75, 3.05) is 33.2 Å². The lowest BCUT2D eigenvalue weighted by Crippen LogP contribution is -2.46. The number of Topliss-reactive ketones (excluding diaryl/α,β-unsaturated/α-hetero) is 2. The molecule has 1 amide bonds. The first kappa shape index (κ1) is 25.3. The van der Waals surface area contributed by atoms with Crippen molar-refractivity contribution in [3.63, 3.8) is 0 Å². The van der Waals surface area contributed by atoms with Gasteiger partial charge in [0.25, 0.3) is 0 Å². The van der Waals surface area contributed by atoms with Gasteiger partial charge in [0.15, 0.2) is 0 Å². The van der Waals surface area contributed by atoms with Gasteiger partial charge >= 0.3 is 0 Å². The van der Waals surface area contributed by atoms with E-state index in [1.54, 1.807) is 30.5 Å². The van der Waals surface area contributed by atoms with Crippen LogP contribution in [0.3, 0.4) is 0 Å². The maximum Gasteiger partial charge on any atom is 0.241 e. The van der Waals surface area contributed by atoms with Crippen molar-refractivity contribution in [1.82, 2.24) is 19.7 Å². The molecular weight excluding hydrogens is 428 g/mol. The summed E-state index contributed by atoms with van der Waals surface area (Å²) in [7, 11) is 1.87. The maximum absolute atomic E-state index is 13.7. The number of carbonyl (C=O) groups is 3. The predicted molar refractivity (Wildman–Crippen MR) is 132 cm³/mol. The highest BCUT2D eigenvalue weighted by Gasteiger charge is 2.39. The lowest BCUT2D eigenvalue weighted by Gasteiger charge is -2.37. The van der Waals surface area contributed by atoms with Crippen LogP contribution in [0.1, 0.15) is 54.1 Å². The number of fused-ring (bicyclic) bond motifs is 1. The van der Waals surface area contributed by atoms with E-state index in [1.165, 1.54) is 4.90 Å². The molecule has 0 aliphatic heterocycles. The molecule has 0 saturated carbocycles. The van der Waals surface area contributed by atoms with Gasteiger partial charge in [0, 0.05) is 55.1 Å². The zero-order valence-electron chi connectivity index (χ0n) is 20.7. The van der Waals surface area contributed by atoms with Gasteiger partial charge in [-0.15, -0.1) is 0 Å². The molecule has 0 fully saturated rings. The average molecular weight is 463 g/mol. The summed E-state index contributed by atoms with van der Waals surface area (Å²) >= 11 is 0. The molecule has 0 radical (unpaired) electrons. The number of hydrogen-bond donors (Lipinski definition) is 0. The number of carbonyl (C=O) groups excluding carboxylic acids is 3. The number of allylic oxidation sites excluding steroid dienone is 2.